The van der Waals surface area contributed by atoms with Crippen LogP contribution < -0.4 is 9.80 Å². The summed E-state index contributed by atoms with van der Waals surface area (Å²) in [7, 11) is 0. The minimum absolute atomic E-state index is 0.903. The zero-order valence-electron chi connectivity index (χ0n) is 38.5. The van der Waals surface area contributed by atoms with Gasteiger partial charge in [0, 0.05) is 66.9 Å². The van der Waals surface area contributed by atoms with Crippen LogP contribution in [0.2, 0.25) is 0 Å². The zero-order chi connectivity index (χ0) is 46.4. The summed E-state index contributed by atoms with van der Waals surface area (Å²) in [5, 5.41) is 4.68. The number of nitrogens with zero attached hydrogens (tertiary/aromatic N) is 3. The maximum atomic E-state index is 6.18. The van der Waals surface area contributed by atoms with Crippen molar-refractivity contribution in [2.75, 3.05) is 9.80 Å². The van der Waals surface area contributed by atoms with E-state index in [4.69, 9.17) is 4.42 Å². The Hall–Kier alpha value is -9.12. The molecule has 10 aromatic carbocycles. The number of para-hydroxylation sites is 5. The number of benzene rings is 10. The van der Waals surface area contributed by atoms with Gasteiger partial charge in [0.2, 0.25) is 0 Å². The van der Waals surface area contributed by atoms with Crippen molar-refractivity contribution in [1.82, 2.24) is 4.57 Å². The van der Waals surface area contributed by atoms with E-state index in [9.17, 15) is 0 Å². The number of rotatable bonds is 10. The standard InChI is InChI=1S/C66H47N3O/c1-5-16-51(17-6-1)67(52-18-7-2-8-19-52)55-36-28-46(29-37-55)49-34-42-63-61(44-49)60-26-15-25-58(48-32-40-56(41-33-48)68(53-20-9-3-10-21-53)54-22-11-4-12-23-54)66(60)69(63)57-38-30-47(31-39-57)50-35-43-65-62(45-50)59-24-13-14-27-64(59)70-65/h1-3,5-11,13-45H,4,12H2. The lowest BCUT2D eigenvalue weighted by molar-refractivity contribution is 0.669. The smallest absolute Gasteiger partial charge is 0.135 e. The van der Waals surface area contributed by atoms with Crippen LogP contribution in [-0.4, -0.2) is 4.57 Å². The SMILES string of the molecule is C1=CC(N(c2ccccc2)c2ccc(-c3cccc4c5cc(-c6ccc(N(c7ccccc7)c7ccccc7)cc6)ccc5n(-c5ccc(-c6ccc7oc8ccccc8c7c6)cc5)c34)cc2)=CCC1. The Balaban J connectivity index is 0.930. The van der Waals surface area contributed by atoms with E-state index in [1.807, 2.05) is 12.1 Å². The highest BCUT2D eigenvalue weighted by atomic mass is 16.3. The molecule has 0 unspecified atom stereocenters. The van der Waals surface area contributed by atoms with Gasteiger partial charge in [-0.3, -0.25) is 0 Å². The van der Waals surface area contributed by atoms with Gasteiger partial charge in [0.25, 0.3) is 0 Å². The van der Waals surface area contributed by atoms with Crippen LogP contribution in [0.4, 0.5) is 28.4 Å². The van der Waals surface area contributed by atoms with Crippen LogP contribution in [0.5, 0.6) is 0 Å². The van der Waals surface area contributed by atoms with E-state index >= 15 is 0 Å². The molecule has 4 heteroatoms. The van der Waals surface area contributed by atoms with E-state index in [2.05, 4.69) is 263 Å². The van der Waals surface area contributed by atoms with Gasteiger partial charge in [-0.1, -0.05) is 152 Å². The average Bonchev–Trinajstić information content (AvgIpc) is 3.98. The molecule has 0 radical (unpaired) electrons. The number of hydrogen-bond donors (Lipinski definition) is 0. The number of furan rings is 1. The molecule has 0 aliphatic heterocycles. The number of fused-ring (bicyclic) bond motifs is 6. The molecule has 4 nitrogen and oxygen atoms in total. The third-order valence-corrected chi connectivity index (χ3v) is 13.8. The lowest BCUT2D eigenvalue weighted by atomic mass is 9.99. The number of hydrogen-bond acceptors (Lipinski definition) is 3. The van der Waals surface area contributed by atoms with Crippen molar-refractivity contribution < 1.29 is 4.42 Å². The van der Waals surface area contributed by atoms with Gasteiger partial charge in [-0.25, -0.2) is 0 Å². The second-order valence-electron chi connectivity index (χ2n) is 18.0. The van der Waals surface area contributed by atoms with Crippen LogP contribution in [0.1, 0.15) is 12.8 Å². The first-order chi connectivity index (χ1) is 34.7. The summed E-state index contributed by atoms with van der Waals surface area (Å²) < 4.78 is 8.64. The van der Waals surface area contributed by atoms with Crippen molar-refractivity contribution >= 4 is 72.2 Å². The molecule has 1 aliphatic carbocycles. The van der Waals surface area contributed by atoms with Gasteiger partial charge in [-0.2, -0.15) is 0 Å². The molecule has 0 N–H and O–H groups in total. The zero-order valence-corrected chi connectivity index (χ0v) is 38.5. The fourth-order valence-corrected chi connectivity index (χ4v) is 10.4. The number of aromatic nitrogens is 1. The minimum Gasteiger partial charge on any atom is -0.456 e. The Bertz CT molecular complexity index is 3860. The van der Waals surface area contributed by atoms with Crippen LogP contribution in [0.25, 0.3) is 82.8 Å². The van der Waals surface area contributed by atoms with E-state index in [-0.39, 0.29) is 0 Å². The van der Waals surface area contributed by atoms with Crippen molar-refractivity contribution in [3.05, 3.63) is 267 Å². The molecule has 70 heavy (non-hydrogen) atoms. The Morgan fingerprint density at radius 2 is 0.871 bits per heavy atom. The summed E-state index contributed by atoms with van der Waals surface area (Å²) in [6.07, 6.45) is 8.97. The van der Waals surface area contributed by atoms with Crippen LogP contribution in [0.3, 0.4) is 0 Å². The fraction of sp³-hybridized carbons (Fsp3) is 0.0303. The first kappa shape index (κ1) is 41.1. The van der Waals surface area contributed by atoms with Crippen molar-refractivity contribution in [2.45, 2.75) is 12.8 Å². The summed E-state index contributed by atoms with van der Waals surface area (Å²) in [4.78, 5) is 4.67. The maximum absolute atomic E-state index is 6.18. The van der Waals surface area contributed by atoms with Crippen LogP contribution in [0.15, 0.2) is 271 Å². The molecule has 0 fully saturated rings. The molecule has 0 saturated carbocycles. The van der Waals surface area contributed by atoms with Crippen LogP contribution in [0, 0.1) is 0 Å². The second-order valence-corrected chi connectivity index (χ2v) is 18.0. The Morgan fingerprint density at radius 1 is 0.357 bits per heavy atom. The maximum Gasteiger partial charge on any atom is 0.135 e. The molecular formula is C66H47N3O. The first-order valence-corrected chi connectivity index (χ1v) is 24.1. The largest absolute Gasteiger partial charge is 0.456 e. The van der Waals surface area contributed by atoms with Gasteiger partial charge in [-0.05, 0) is 150 Å². The normalized spacial score (nSPS) is 12.5. The molecule has 0 spiro atoms. The second kappa shape index (κ2) is 17.5. The average molecular weight is 898 g/mol. The predicted octanol–water partition coefficient (Wildman–Crippen LogP) is 18.5. The summed E-state index contributed by atoms with van der Waals surface area (Å²) in [5.74, 6) is 0. The quantitative estimate of drug-likeness (QED) is 0.137. The molecule has 0 amide bonds. The van der Waals surface area contributed by atoms with E-state index < -0.39 is 0 Å². The van der Waals surface area contributed by atoms with Gasteiger partial charge in [0.1, 0.15) is 11.2 Å². The molecule has 2 aromatic heterocycles. The van der Waals surface area contributed by atoms with Gasteiger partial charge in [0.15, 0.2) is 0 Å². The Labute approximate surface area is 407 Å². The van der Waals surface area contributed by atoms with Crippen LogP contribution in [-0.2, 0) is 0 Å². The molecule has 13 rings (SSSR count). The predicted molar refractivity (Wildman–Crippen MR) is 294 cm³/mol. The highest BCUT2D eigenvalue weighted by Crippen LogP contribution is 2.43. The molecule has 0 bridgehead atoms. The van der Waals surface area contributed by atoms with Crippen molar-refractivity contribution in [3.8, 4) is 39.1 Å². The lowest BCUT2D eigenvalue weighted by Gasteiger charge is -2.27. The van der Waals surface area contributed by atoms with Crippen molar-refractivity contribution in [2.24, 2.45) is 0 Å². The topological polar surface area (TPSA) is 24.6 Å². The summed E-state index contributed by atoms with van der Waals surface area (Å²) >= 11 is 0. The van der Waals surface area contributed by atoms with Gasteiger partial charge < -0.3 is 18.8 Å². The molecule has 1 aliphatic rings. The highest BCUT2D eigenvalue weighted by molar-refractivity contribution is 6.15. The minimum atomic E-state index is 0.903. The first-order valence-electron chi connectivity index (χ1n) is 24.1. The summed E-state index contributed by atoms with van der Waals surface area (Å²) in [6, 6.07) is 87.5. The Kier molecular flexibility index (Phi) is 10.3. The van der Waals surface area contributed by atoms with Gasteiger partial charge in [0.05, 0.1) is 11.0 Å². The number of allylic oxidation sites excluding steroid dienone is 3. The van der Waals surface area contributed by atoms with Gasteiger partial charge >= 0.3 is 0 Å². The van der Waals surface area contributed by atoms with E-state index in [1.165, 1.54) is 33.1 Å². The summed E-state index contributed by atoms with van der Waals surface area (Å²) in [6.45, 7) is 0. The molecule has 12 aromatic rings. The molecular weight excluding hydrogens is 851 g/mol. The third kappa shape index (κ3) is 7.34. The van der Waals surface area contributed by atoms with E-state index in [1.54, 1.807) is 0 Å². The molecule has 0 atom stereocenters. The fourth-order valence-electron chi connectivity index (χ4n) is 10.4. The van der Waals surface area contributed by atoms with E-state index in [0.717, 1.165) is 96.7 Å². The third-order valence-electron chi connectivity index (χ3n) is 13.8. The van der Waals surface area contributed by atoms with Crippen molar-refractivity contribution in [1.29, 1.82) is 0 Å². The highest BCUT2D eigenvalue weighted by Gasteiger charge is 2.20. The van der Waals surface area contributed by atoms with E-state index in [0.29, 0.717) is 0 Å². The molecule has 0 saturated heterocycles. The molecule has 332 valence electrons. The lowest BCUT2D eigenvalue weighted by Crippen LogP contribution is -2.16. The van der Waals surface area contributed by atoms with Crippen molar-refractivity contribution in [3.63, 3.8) is 0 Å². The Morgan fingerprint density at radius 3 is 1.53 bits per heavy atom. The number of anilines is 5. The molecule has 2 heterocycles. The van der Waals surface area contributed by atoms with Crippen LogP contribution >= 0.6 is 0 Å². The summed E-state index contributed by atoms with van der Waals surface area (Å²) in [5.41, 5.74) is 19.1. The monoisotopic (exact) mass is 897 g/mol. The van der Waals surface area contributed by atoms with Gasteiger partial charge in [-0.15, -0.1) is 0 Å².